The van der Waals surface area contributed by atoms with E-state index in [0.29, 0.717) is 0 Å². The Morgan fingerprint density at radius 3 is 1.57 bits per heavy atom. The lowest BCUT2D eigenvalue weighted by atomic mass is 10.0. The predicted molar refractivity (Wildman–Crippen MR) is 103 cm³/mol. The van der Waals surface area contributed by atoms with Gasteiger partial charge in [0.1, 0.15) is 0 Å². The summed E-state index contributed by atoms with van der Waals surface area (Å²) in [5.74, 6) is 0. The highest BCUT2D eigenvalue weighted by Crippen LogP contribution is 2.21. The maximum absolute atomic E-state index is 3.85. The van der Waals surface area contributed by atoms with Gasteiger partial charge in [-0.1, -0.05) is 90.6 Å². The molecule has 0 aliphatic rings. The average Bonchev–Trinajstić information content (AvgIpc) is 2.60. The zero-order valence-electron chi connectivity index (χ0n) is 14.9. The van der Waals surface area contributed by atoms with Crippen LogP contribution in [0.5, 0.6) is 0 Å². The average molecular weight is 284 g/mol. The summed E-state index contributed by atoms with van der Waals surface area (Å²) in [6.45, 7) is 17.9. The lowest BCUT2D eigenvalue weighted by Crippen LogP contribution is -1.82. The molecule has 0 atom stereocenters. The topological polar surface area (TPSA) is 0 Å². The molecule has 0 heteroatoms. The monoisotopic (exact) mass is 284 g/mol. The van der Waals surface area contributed by atoms with Gasteiger partial charge in [-0.15, -0.1) is 0 Å². The Morgan fingerprint density at radius 2 is 1.19 bits per heavy atom. The number of hydrogen-bond acceptors (Lipinski definition) is 0. The largest absolute Gasteiger partial charge is 0.0984 e. The van der Waals surface area contributed by atoms with Crippen LogP contribution in [0, 0.1) is 0 Å². The van der Waals surface area contributed by atoms with Crippen molar-refractivity contribution in [1.29, 1.82) is 0 Å². The molecule has 0 N–H and O–H groups in total. The van der Waals surface area contributed by atoms with Crippen molar-refractivity contribution >= 4 is 22.9 Å². The fourth-order valence-electron chi connectivity index (χ4n) is 1.78. The second kappa shape index (κ2) is 14.6. The molecule has 0 bridgehead atoms. The van der Waals surface area contributed by atoms with E-state index in [1.165, 1.54) is 21.9 Å². The molecule has 0 aliphatic heterocycles. The lowest BCUT2D eigenvalue weighted by molar-refractivity contribution is 1.50. The van der Waals surface area contributed by atoms with Gasteiger partial charge < -0.3 is 0 Å². The normalized spacial score (nSPS) is 8.71. The Labute approximate surface area is 132 Å². The Morgan fingerprint density at radius 1 is 0.762 bits per heavy atom. The smallest absolute Gasteiger partial charge is 0.0178 e. The Balaban J connectivity index is 0. The van der Waals surface area contributed by atoms with Gasteiger partial charge in [-0.05, 0) is 41.0 Å². The van der Waals surface area contributed by atoms with E-state index in [2.05, 4.69) is 55.1 Å². The number of rotatable bonds is 2. The first-order chi connectivity index (χ1) is 10.3. The van der Waals surface area contributed by atoms with Crippen molar-refractivity contribution in [3.8, 4) is 0 Å². The summed E-state index contributed by atoms with van der Waals surface area (Å²) in [7, 11) is 0. The molecule has 0 fully saturated rings. The van der Waals surface area contributed by atoms with Crippen LogP contribution in [0.25, 0.3) is 22.9 Å². The molecule has 0 aliphatic carbocycles. The van der Waals surface area contributed by atoms with Crippen molar-refractivity contribution in [1.82, 2.24) is 0 Å². The lowest BCUT2D eigenvalue weighted by Gasteiger charge is -2.04. The summed E-state index contributed by atoms with van der Waals surface area (Å²) < 4.78 is 0. The first-order valence-corrected chi connectivity index (χ1v) is 8.13. The predicted octanol–water partition coefficient (Wildman–Crippen LogP) is 7.59. The first kappa shape index (κ1) is 21.5. The molecule has 0 aromatic heterocycles. The van der Waals surface area contributed by atoms with Crippen LogP contribution in [0.1, 0.15) is 59.6 Å². The van der Waals surface area contributed by atoms with Gasteiger partial charge in [-0.3, -0.25) is 0 Å². The van der Waals surface area contributed by atoms with Gasteiger partial charge in [0.05, 0.1) is 0 Å². The van der Waals surface area contributed by atoms with Crippen LogP contribution in [0.4, 0.5) is 0 Å². The molecule has 0 radical (unpaired) electrons. The summed E-state index contributed by atoms with van der Waals surface area (Å²) in [5.41, 5.74) is 2.41. The van der Waals surface area contributed by atoms with E-state index in [-0.39, 0.29) is 0 Å². The van der Waals surface area contributed by atoms with E-state index < -0.39 is 0 Å². The van der Waals surface area contributed by atoms with E-state index in [4.69, 9.17) is 0 Å². The van der Waals surface area contributed by atoms with Crippen molar-refractivity contribution in [3.63, 3.8) is 0 Å². The molecule has 0 spiro atoms. The molecule has 0 heterocycles. The minimum absolute atomic E-state index is 1.19. The molecule has 2 aromatic carbocycles. The fourth-order valence-corrected chi connectivity index (χ4v) is 1.78. The number of benzene rings is 2. The first-order valence-electron chi connectivity index (χ1n) is 8.13. The summed E-state index contributed by atoms with van der Waals surface area (Å²) in [4.78, 5) is 0. The van der Waals surface area contributed by atoms with Crippen LogP contribution in [-0.2, 0) is 0 Å². The minimum atomic E-state index is 1.19. The van der Waals surface area contributed by atoms with Gasteiger partial charge in [0.2, 0.25) is 0 Å². The van der Waals surface area contributed by atoms with Crippen LogP contribution in [0.15, 0.2) is 49.1 Å². The maximum Gasteiger partial charge on any atom is -0.0178 e. The Hall–Kier alpha value is -1.82. The van der Waals surface area contributed by atoms with Gasteiger partial charge >= 0.3 is 0 Å². The van der Waals surface area contributed by atoms with Gasteiger partial charge in [0.25, 0.3) is 0 Å². The Kier molecular flexibility index (Phi) is 14.9. The molecule has 0 unspecified atom stereocenters. The zero-order valence-corrected chi connectivity index (χ0v) is 14.9. The highest BCUT2D eigenvalue weighted by molar-refractivity contribution is 5.88. The molecule has 116 valence electrons. The van der Waals surface area contributed by atoms with Crippen LogP contribution >= 0.6 is 0 Å². The van der Waals surface area contributed by atoms with E-state index in [0.717, 1.165) is 0 Å². The van der Waals surface area contributed by atoms with Gasteiger partial charge in [-0.25, -0.2) is 0 Å². The van der Waals surface area contributed by atoms with Crippen molar-refractivity contribution in [2.24, 2.45) is 0 Å². The minimum Gasteiger partial charge on any atom is -0.0984 e. The van der Waals surface area contributed by atoms with Crippen LogP contribution in [0.3, 0.4) is 0 Å². The van der Waals surface area contributed by atoms with E-state index in [1.54, 1.807) is 0 Å². The van der Waals surface area contributed by atoms with Crippen LogP contribution < -0.4 is 0 Å². The van der Waals surface area contributed by atoms with Crippen LogP contribution in [-0.4, -0.2) is 0 Å². The SMILES string of the molecule is C=Cc1cc2ccccc2cc1/C=C\C.CC.CC.CC. The van der Waals surface area contributed by atoms with E-state index in [9.17, 15) is 0 Å². The standard InChI is InChI=1S/C15H14.3C2H6/c1-3-7-13-11-15-9-6-5-8-14(15)10-12(13)4-2;3*1-2/h3-11H,2H2,1H3;3*1-2H3/b7-3-;;;. The molecule has 0 saturated heterocycles. The fraction of sp³-hybridized carbons (Fsp3) is 0.333. The third-order valence-electron chi connectivity index (χ3n) is 2.52. The van der Waals surface area contributed by atoms with Crippen molar-refractivity contribution in [3.05, 3.63) is 60.2 Å². The molecule has 21 heavy (non-hydrogen) atoms. The van der Waals surface area contributed by atoms with Gasteiger partial charge in [0, 0.05) is 0 Å². The quantitative estimate of drug-likeness (QED) is 0.532. The van der Waals surface area contributed by atoms with Crippen molar-refractivity contribution in [2.45, 2.75) is 48.5 Å². The summed E-state index contributed by atoms with van der Waals surface area (Å²) in [6, 6.07) is 12.8. The summed E-state index contributed by atoms with van der Waals surface area (Å²) in [5, 5.41) is 2.54. The molecular formula is C21H32. The molecular weight excluding hydrogens is 252 g/mol. The van der Waals surface area contributed by atoms with E-state index in [1.807, 2.05) is 54.5 Å². The van der Waals surface area contributed by atoms with Crippen LogP contribution in [0.2, 0.25) is 0 Å². The molecule has 0 amide bonds. The van der Waals surface area contributed by atoms with Gasteiger partial charge in [0.15, 0.2) is 0 Å². The number of hydrogen-bond donors (Lipinski definition) is 0. The molecule has 0 nitrogen and oxygen atoms in total. The van der Waals surface area contributed by atoms with Gasteiger partial charge in [-0.2, -0.15) is 0 Å². The second-order valence-electron chi connectivity index (χ2n) is 3.53. The number of fused-ring (bicyclic) bond motifs is 1. The second-order valence-corrected chi connectivity index (χ2v) is 3.53. The molecule has 2 rings (SSSR count). The van der Waals surface area contributed by atoms with E-state index >= 15 is 0 Å². The zero-order chi connectivity index (χ0) is 16.7. The molecule has 2 aromatic rings. The van der Waals surface area contributed by atoms with Crippen molar-refractivity contribution in [2.75, 3.05) is 0 Å². The highest BCUT2D eigenvalue weighted by atomic mass is 14.0. The third-order valence-corrected chi connectivity index (χ3v) is 2.52. The summed E-state index contributed by atoms with van der Waals surface area (Å²) >= 11 is 0. The summed E-state index contributed by atoms with van der Waals surface area (Å²) in [6.07, 6.45) is 6.07. The highest BCUT2D eigenvalue weighted by Gasteiger charge is 1.98. The van der Waals surface area contributed by atoms with Crippen molar-refractivity contribution < 1.29 is 0 Å². The molecule has 0 saturated carbocycles. The Bertz CT molecular complexity index is 519. The number of allylic oxidation sites excluding steroid dienone is 1. The third kappa shape index (κ3) is 6.94. The maximum atomic E-state index is 3.85.